The Balaban J connectivity index is 2.54. The minimum Gasteiger partial charge on any atom is -0.368 e. The van der Waals surface area contributed by atoms with Gasteiger partial charge in [0.2, 0.25) is 5.91 Å². The Labute approximate surface area is 169 Å². The summed E-state index contributed by atoms with van der Waals surface area (Å²) in [5.41, 5.74) is 9.47. The molecule has 1 heterocycles. The summed E-state index contributed by atoms with van der Waals surface area (Å²) >= 11 is 0. The van der Waals surface area contributed by atoms with Gasteiger partial charge in [0, 0.05) is 12.3 Å². The van der Waals surface area contributed by atoms with Crippen LogP contribution in [0.1, 0.15) is 67.2 Å². The minimum atomic E-state index is -2.07. The normalized spacial score (nSPS) is 16.3. The molecule has 0 saturated heterocycles. The van der Waals surface area contributed by atoms with E-state index in [0.717, 1.165) is 12.8 Å². The molecule has 1 saturated carbocycles. The number of hydrogen-bond donors (Lipinski definition) is 2. The molecule has 3 N–H and O–H groups in total. The standard InChI is InChI=1S/C21H34N4O2Si/c1-15(2)28(16(3)4,17(5)6)14-10-19(26)25(18-9-13-23-24-18)21(20(22)27)11-7-8-12-21/h9,13,15-17H,7-8,11-12H2,1-6H3,(H2,22,27)(H,23,24). The summed E-state index contributed by atoms with van der Waals surface area (Å²) in [6.45, 7) is 13.2. The van der Waals surface area contributed by atoms with Crippen LogP contribution in [0.25, 0.3) is 0 Å². The summed E-state index contributed by atoms with van der Waals surface area (Å²) in [6.07, 6.45) is 4.44. The van der Waals surface area contributed by atoms with E-state index in [1.807, 2.05) is 0 Å². The van der Waals surface area contributed by atoms with Crippen molar-refractivity contribution in [3.63, 3.8) is 0 Å². The number of anilines is 1. The van der Waals surface area contributed by atoms with Gasteiger partial charge < -0.3 is 5.73 Å². The number of H-pyrrole nitrogens is 1. The van der Waals surface area contributed by atoms with Crippen molar-refractivity contribution in [2.45, 2.75) is 89.4 Å². The molecule has 1 aliphatic rings. The number of nitrogens with one attached hydrogen (secondary N) is 1. The molecule has 7 heteroatoms. The maximum Gasteiger partial charge on any atom is 0.304 e. The third-order valence-corrected chi connectivity index (χ3v) is 12.8. The monoisotopic (exact) mass is 402 g/mol. The fourth-order valence-corrected chi connectivity index (χ4v) is 10.3. The van der Waals surface area contributed by atoms with E-state index >= 15 is 0 Å². The number of amides is 2. The van der Waals surface area contributed by atoms with Gasteiger partial charge in [0.05, 0.1) is 0 Å². The van der Waals surface area contributed by atoms with Crippen LogP contribution in [0, 0.1) is 11.5 Å². The predicted octanol–water partition coefficient (Wildman–Crippen LogP) is 3.76. The van der Waals surface area contributed by atoms with Gasteiger partial charge in [0.1, 0.15) is 13.6 Å². The van der Waals surface area contributed by atoms with Crippen LogP contribution < -0.4 is 10.6 Å². The van der Waals surface area contributed by atoms with Crippen molar-refractivity contribution in [1.82, 2.24) is 10.2 Å². The van der Waals surface area contributed by atoms with E-state index in [1.54, 1.807) is 12.3 Å². The highest BCUT2D eigenvalue weighted by Crippen LogP contribution is 2.41. The second-order valence-corrected chi connectivity index (χ2v) is 14.4. The summed E-state index contributed by atoms with van der Waals surface area (Å²) in [6, 6.07) is 1.70. The fourth-order valence-electron chi connectivity index (χ4n) is 5.09. The molecule has 1 aliphatic carbocycles. The van der Waals surface area contributed by atoms with Crippen LogP contribution in [-0.4, -0.2) is 35.6 Å². The number of carbonyl (C=O) groups excluding carboxylic acids is 2. The molecule has 0 atom stereocenters. The quantitative estimate of drug-likeness (QED) is 0.560. The predicted molar refractivity (Wildman–Crippen MR) is 115 cm³/mol. The van der Waals surface area contributed by atoms with Gasteiger partial charge in [0.25, 0.3) is 0 Å². The molecule has 2 amide bonds. The van der Waals surface area contributed by atoms with E-state index in [1.165, 1.54) is 4.90 Å². The molecular weight excluding hydrogens is 368 g/mol. The highest BCUT2D eigenvalue weighted by molar-refractivity contribution is 6.90. The molecule has 1 aromatic rings. The van der Waals surface area contributed by atoms with Gasteiger partial charge in [-0.05, 0) is 35.4 Å². The van der Waals surface area contributed by atoms with Crippen molar-refractivity contribution in [3.05, 3.63) is 12.3 Å². The Bertz CT molecular complexity index is 731. The lowest BCUT2D eigenvalue weighted by atomic mass is 9.93. The first-order chi connectivity index (χ1) is 13.1. The molecule has 154 valence electrons. The van der Waals surface area contributed by atoms with Crippen molar-refractivity contribution >= 4 is 25.7 Å². The highest BCUT2D eigenvalue weighted by Gasteiger charge is 2.49. The molecule has 1 fully saturated rings. The third-order valence-electron chi connectivity index (χ3n) is 6.49. The summed E-state index contributed by atoms with van der Waals surface area (Å²) in [5.74, 6) is 2.49. The van der Waals surface area contributed by atoms with Gasteiger partial charge >= 0.3 is 5.91 Å². The fraction of sp³-hybridized carbons (Fsp3) is 0.667. The van der Waals surface area contributed by atoms with Crippen molar-refractivity contribution in [2.24, 2.45) is 5.73 Å². The number of aromatic nitrogens is 2. The third kappa shape index (κ3) is 3.75. The van der Waals surface area contributed by atoms with E-state index in [4.69, 9.17) is 5.73 Å². The lowest BCUT2D eigenvalue weighted by Gasteiger charge is -2.38. The SMILES string of the molecule is CC(C)[Si](C#CC(=O)N(c1cc[nH]n1)C1(C(N)=O)CCCC1)(C(C)C)C(C)C. The lowest BCUT2D eigenvalue weighted by Crippen LogP contribution is -2.58. The van der Waals surface area contributed by atoms with Gasteiger partial charge in [-0.25, -0.2) is 0 Å². The van der Waals surface area contributed by atoms with Gasteiger partial charge in [-0.15, -0.1) is 5.54 Å². The average molecular weight is 403 g/mol. The molecule has 0 aromatic carbocycles. The summed E-state index contributed by atoms with van der Waals surface area (Å²) in [4.78, 5) is 27.3. The van der Waals surface area contributed by atoms with Crippen LogP contribution in [0.4, 0.5) is 5.82 Å². The molecular formula is C21H34N4O2Si. The van der Waals surface area contributed by atoms with Crippen molar-refractivity contribution in [2.75, 3.05) is 4.90 Å². The van der Waals surface area contributed by atoms with Crippen LogP contribution in [-0.2, 0) is 9.59 Å². The van der Waals surface area contributed by atoms with E-state index in [2.05, 4.69) is 63.2 Å². The number of nitrogens with zero attached hydrogens (tertiary/aromatic N) is 2. The molecule has 0 spiro atoms. The topological polar surface area (TPSA) is 92.1 Å². The molecule has 6 nitrogen and oxygen atoms in total. The van der Waals surface area contributed by atoms with Gasteiger partial charge in [0.15, 0.2) is 5.82 Å². The Kier molecular flexibility index (Phi) is 6.76. The van der Waals surface area contributed by atoms with Crippen molar-refractivity contribution in [1.29, 1.82) is 0 Å². The summed E-state index contributed by atoms with van der Waals surface area (Å²) < 4.78 is 0. The molecule has 28 heavy (non-hydrogen) atoms. The van der Waals surface area contributed by atoms with Crippen LogP contribution in [0.15, 0.2) is 12.3 Å². The zero-order chi connectivity index (χ0) is 21.1. The summed E-state index contributed by atoms with van der Waals surface area (Å²) in [7, 11) is -2.07. The number of hydrogen-bond acceptors (Lipinski definition) is 3. The molecule has 0 radical (unpaired) electrons. The van der Waals surface area contributed by atoms with Gasteiger partial charge in [-0.2, -0.15) is 5.10 Å². The summed E-state index contributed by atoms with van der Waals surface area (Å²) in [5, 5.41) is 6.91. The van der Waals surface area contributed by atoms with Crippen LogP contribution in [0.2, 0.25) is 16.6 Å². The van der Waals surface area contributed by atoms with Crippen LogP contribution in [0.5, 0.6) is 0 Å². The van der Waals surface area contributed by atoms with Gasteiger partial charge in [-0.3, -0.25) is 19.6 Å². The van der Waals surface area contributed by atoms with E-state index in [0.29, 0.717) is 35.3 Å². The minimum absolute atomic E-state index is 0.383. The average Bonchev–Trinajstić information content (AvgIpc) is 3.27. The maximum absolute atomic E-state index is 13.4. The first-order valence-corrected chi connectivity index (χ1v) is 12.5. The molecule has 0 bridgehead atoms. The maximum atomic E-state index is 13.4. The Hall–Kier alpha value is -2.07. The van der Waals surface area contributed by atoms with Crippen molar-refractivity contribution in [3.8, 4) is 11.5 Å². The van der Waals surface area contributed by atoms with E-state index in [-0.39, 0.29) is 5.91 Å². The number of carbonyl (C=O) groups is 2. The molecule has 0 unspecified atom stereocenters. The zero-order valence-corrected chi connectivity index (χ0v) is 19.0. The number of rotatable bonds is 6. The lowest BCUT2D eigenvalue weighted by molar-refractivity contribution is -0.126. The second kappa shape index (κ2) is 8.52. The Morgan fingerprint density at radius 1 is 1.14 bits per heavy atom. The highest BCUT2D eigenvalue weighted by atomic mass is 28.3. The zero-order valence-electron chi connectivity index (χ0n) is 18.0. The number of nitrogens with two attached hydrogens (primary N) is 1. The molecule has 2 rings (SSSR count). The van der Waals surface area contributed by atoms with Crippen LogP contribution >= 0.6 is 0 Å². The second-order valence-electron chi connectivity index (χ2n) is 8.82. The Morgan fingerprint density at radius 2 is 1.68 bits per heavy atom. The van der Waals surface area contributed by atoms with E-state index in [9.17, 15) is 9.59 Å². The molecule has 1 aromatic heterocycles. The van der Waals surface area contributed by atoms with Crippen molar-refractivity contribution < 1.29 is 9.59 Å². The van der Waals surface area contributed by atoms with E-state index < -0.39 is 19.5 Å². The van der Waals surface area contributed by atoms with Crippen LogP contribution in [0.3, 0.4) is 0 Å². The van der Waals surface area contributed by atoms with Gasteiger partial charge in [-0.1, -0.05) is 54.4 Å². The Morgan fingerprint density at radius 3 is 2.07 bits per heavy atom. The smallest absolute Gasteiger partial charge is 0.304 e. The number of primary amides is 1. The largest absolute Gasteiger partial charge is 0.368 e. The molecule has 0 aliphatic heterocycles. The number of aromatic amines is 1. The first kappa shape index (κ1) is 22.2. The first-order valence-electron chi connectivity index (χ1n) is 10.3.